The summed E-state index contributed by atoms with van der Waals surface area (Å²) in [7, 11) is 0. The second kappa shape index (κ2) is 7.15. The molecule has 2 aromatic carbocycles. The number of carbonyl (C=O) groups is 1. The number of amides is 1. The van der Waals surface area contributed by atoms with Crippen LogP contribution in [0.4, 0.5) is 5.69 Å². The third kappa shape index (κ3) is 4.42. The van der Waals surface area contributed by atoms with Gasteiger partial charge in [0, 0.05) is 22.3 Å². The van der Waals surface area contributed by atoms with Crippen LogP contribution in [0.25, 0.3) is 0 Å². The van der Waals surface area contributed by atoms with Gasteiger partial charge >= 0.3 is 0 Å². The first-order chi connectivity index (χ1) is 9.65. The monoisotopic (exact) mass is 285 g/mol. The summed E-state index contributed by atoms with van der Waals surface area (Å²) in [5.41, 5.74) is 2.11. The minimum atomic E-state index is 0.00307. The van der Waals surface area contributed by atoms with E-state index in [-0.39, 0.29) is 11.8 Å². The third-order valence-electron chi connectivity index (χ3n) is 2.89. The number of thioether (sulfide) groups is 1. The molecule has 0 fully saturated rings. The van der Waals surface area contributed by atoms with Gasteiger partial charge in [0.1, 0.15) is 0 Å². The van der Waals surface area contributed by atoms with Crippen molar-refractivity contribution < 1.29 is 4.79 Å². The number of carbonyl (C=O) groups excluding carboxylic acids is 1. The standard InChI is InChI=1S/C17H19NOS/c1-13(2)17(19)18-15-10-8-14(9-11-15)12-20-16-6-4-3-5-7-16/h3-11,13H,12H2,1-2H3,(H,18,19). The zero-order chi connectivity index (χ0) is 14.4. The fourth-order valence-electron chi connectivity index (χ4n) is 1.65. The van der Waals surface area contributed by atoms with E-state index in [4.69, 9.17) is 0 Å². The first kappa shape index (κ1) is 14.7. The molecule has 2 rings (SSSR count). The smallest absolute Gasteiger partial charge is 0.226 e. The van der Waals surface area contributed by atoms with Gasteiger partial charge < -0.3 is 5.32 Å². The highest BCUT2D eigenvalue weighted by atomic mass is 32.2. The van der Waals surface area contributed by atoms with Gasteiger partial charge in [0.25, 0.3) is 0 Å². The van der Waals surface area contributed by atoms with Crippen molar-refractivity contribution in [3.05, 3.63) is 60.2 Å². The summed E-state index contributed by atoms with van der Waals surface area (Å²) in [4.78, 5) is 12.9. The molecular weight excluding hydrogens is 266 g/mol. The van der Waals surface area contributed by atoms with E-state index in [0.717, 1.165) is 11.4 Å². The zero-order valence-electron chi connectivity index (χ0n) is 11.8. The van der Waals surface area contributed by atoms with Gasteiger partial charge in [0.15, 0.2) is 0 Å². The Morgan fingerprint density at radius 2 is 1.70 bits per heavy atom. The van der Waals surface area contributed by atoms with Crippen LogP contribution < -0.4 is 5.32 Å². The van der Waals surface area contributed by atoms with Gasteiger partial charge in [-0.15, -0.1) is 11.8 Å². The lowest BCUT2D eigenvalue weighted by atomic mass is 10.2. The molecule has 0 unspecified atom stereocenters. The minimum Gasteiger partial charge on any atom is -0.326 e. The highest BCUT2D eigenvalue weighted by molar-refractivity contribution is 7.98. The quantitative estimate of drug-likeness (QED) is 0.815. The first-order valence-corrected chi connectivity index (χ1v) is 7.71. The van der Waals surface area contributed by atoms with Gasteiger partial charge in [-0.05, 0) is 29.8 Å². The summed E-state index contributed by atoms with van der Waals surface area (Å²) in [6, 6.07) is 18.4. The second-order valence-corrected chi connectivity index (χ2v) is 5.99. The minimum absolute atomic E-state index is 0.00307. The number of rotatable bonds is 5. The maximum Gasteiger partial charge on any atom is 0.226 e. The van der Waals surface area contributed by atoms with Crippen molar-refractivity contribution in [1.82, 2.24) is 0 Å². The normalized spacial score (nSPS) is 10.6. The molecular formula is C17H19NOS. The van der Waals surface area contributed by atoms with Crippen LogP contribution >= 0.6 is 11.8 Å². The van der Waals surface area contributed by atoms with Crippen molar-refractivity contribution in [1.29, 1.82) is 0 Å². The van der Waals surface area contributed by atoms with Gasteiger partial charge in [-0.2, -0.15) is 0 Å². The van der Waals surface area contributed by atoms with E-state index in [2.05, 4.69) is 29.6 Å². The molecule has 1 N–H and O–H groups in total. The van der Waals surface area contributed by atoms with Gasteiger partial charge in [-0.3, -0.25) is 4.79 Å². The summed E-state index contributed by atoms with van der Waals surface area (Å²) in [6.07, 6.45) is 0. The summed E-state index contributed by atoms with van der Waals surface area (Å²) < 4.78 is 0. The molecule has 20 heavy (non-hydrogen) atoms. The van der Waals surface area contributed by atoms with Crippen LogP contribution in [0.15, 0.2) is 59.5 Å². The zero-order valence-corrected chi connectivity index (χ0v) is 12.6. The maximum absolute atomic E-state index is 11.6. The number of hydrogen-bond acceptors (Lipinski definition) is 2. The Hall–Kier alpha value is -1.74. The molecule has 0 spiro atoms. The van der Waals surface area contributed by atoms with Crippen LogP contribution in [0.1, 0.15) is 19.4 Å². The molecule has 3 heteroatoms. The predicted molar refractivity (Wildman–Crippen MR) is 85.9 cm³/mol. The topological polar surface area (TPSA) is 29.1 Å². The Morgan fingerprint density at radius 1 is 1.05 bits per heavy atom. The molecule has 0 aliphatic heterocycles. The lowest BCUT2D eigenvalue weighted by molar-refractivity contribution is -0.118. The van der Waals surface area contributed by atoms with Crippen LogP contribution in [0.3, 0.4) is 0 Å². The van der Waals surface area contributed by atoms with E-state index in [1.165, 1.54) is 10.5 Å². The lowest BCUT2D eigenvalue weighted by Gasteiger charge is -2.08. The number of hydrogen-bond donors (Lipinski definition) is 1. The Balaban J connectivity index is 1.90. The van der Waals surface area contributed by atoms with Crippen LogP contribution in [-0.4, -0.2) is 5.91 Å². The van der Waals surface area contributed by atoms with Gasteiger partial charge in [-0.1, -0.05) is 44.2 Å². The molecule has 1 amide bonds. The molecule has 0 aliphatic carbocycles. The summed E-state index contributed by atoms with van der Waals surface area (Å²) in [5, 5.41) is 2.90. The molecule has 0 saturated heterocycles. The maximum atomic E-state index is 11.6. The molecule has 0 saturated carbocycles. The highest BCUT2D eigenvalue weighted by Crippen LogP contribution is 2.23. The predicted octanol–water partition coefficient (Wildman–Crippen LogP) is 4.57. The molecule has 0 aromatic heterocycles. The Labute approximate surface area is 124 Å². The van der Waals surface area contributed by atoms with Crippen molar-refractivity contribution in [2.45, 2.75) is 24.5 Å². The molecule has 0 aliphatic rings. The lowest BCUT2D eigenvalue weighted by Crippen LogP contribution is -2.17. The summed E-state index contributed by atoms with van der Waals surface area (Å²) >= 11 is 1.81. The van der Waals surface area contributed by atoms with Crippen LogP contribution in [0.5, 0.6) is 0 Å². The summed E-state index contributed by atoms with van der Waals surface area (Å²) in [5.74, 6) is 0.988. The largest absolute Gasteiger partial charge is 0.326 e. The second-order valence-electron chi connectivity index (χ2n) is 4.94. The SMILES string of the molecule is CC(C)C(=O)Nc1ccc(CSc2ccccc2)cc1. The van der Waals surface area contributed by atoms with Gasteiger partial charge in [0.05, 0.1) is 0 Å². The van der Waals surface area contributed by atoms with E-state index in [9.17, 15) is 4.79 Å². The van der Waals surface area contributed by atoms with E-state index in [1.54, 1.807) is 0 Å². The van der Waals surface area contributed by atoms with E-state index in [1.807, 2.05) is 55.9 Å². The van der Waals surface area contributed by atoms with Crippen molar-refractivity contribution in [3.8, 4) is 0 Å². The Kier molecular flexibility index (Phi) is 5.24. The molecule has 2 nitrogen and oxygen atoms in total. The van der Waals surface area contributed by atoms with E-state index in [0.29, 0.717) is 0 Å². The molecule has 0 radical (unpaired) electrons. The number of anilines is 1. The van der Waals surface area contributed by atoms with Crippen LogP contribution in [-0.2, 0) is 10.5 Å². The highest BCUT2D eigenvalue weighted by Gasteiger charge is 2.06. The fourth-order valence-corrected chi connectivity index (χ4v) is 2.53. The van der Waals surface area contributed by atoms with E-state index < -0.39 is 0 Å². The van der Waals surface area contributed by atoms with Crippen molar-refractivity contribution in [3.63, 3.8) is 0 Å². The first-order valence-electron chi connectivity index (χ1n) is 6.73. The van der Waals surface area contributed by atoms with Gasteiger partial charge in [-0.25, -0.2) is 0 Å². The molecule has 104 valence electrons. The molecule has 0 atom stereocenters. The van der Waals surface area contributed by atoms with Crippen molar-refractivity contribution in [2.24, 2.45) is 5.92 Å². The van der Waals surface area contributed by atoms with Crippen LogP contribution in [0.2, 0.25) is 0 Å². The summed E-state index contributed by atoms with van der Waals surface area (Å²) in [6.45, 7) is 3.78. The average molecular weight is 285 g/mol. The molecule has 2 aromatic rings. The third-order valence-corrected chi connectivity index (χ3v) is 3.98. The number of nitrogens with one attached hydrogen (secondary N) is 1. The Bertz CT molecular complexity index is 549. The van der Waals surface area contributed by atoms with Crippen molar-refractivity contribution >= 4 is 23.4 Å². The number of benzene rings is 2. The van der Waals surface area contributed by atoms with Crippen LogP contribution in [0, 0.1) is 5.92 Å². The molecule has 0 bridgehead atoms. The van der Waals surface area contributed by atoms with Crippen molar-refractivity contribution in [2.75, 3.05) is 5.32 Å². The molecule has 0 heterocycles. The average Bonchev–Trinajstić information content (AvgIpc) is 2.47. The van der Waals surface area contributed by atoms with E-state index >= 15 is 0 Å². The fraction of sp³-hybridized carbons (Fsp3) is 0.235. The Morgan fingerprint density at radius 3 is 2.30 bits per heavy atom. The van der Waals surface area contributed by atoms with Gasteiger partial charge in [0.2, 0.25) is 5.91 Å².